The summed E-state index contributed by atoms with van der Waals surface area (Å²) in [6.45, 7) is 0. The molecule has 0 aliphatic carbocycles. The Labute approximate surface area is 184 Å². The number of nitrogens with two attached hydrogens (primary N) is 1. The number of hydrogen-bond donors (Lipinski definition) is 2. The largest absolute Gasteiger partial charge is 0.497 e. The molecule has 0 saturated heterocycles. The van der Waals surface area contributed by atoms with E-state index < -0.39 is 5.92 Å². The SMILES string of the molecule is COc1ccc(-c2[nH]nc3c2C(c2cc(OC)c(OC)cc2OC)C(C#N)=C(N)O3)cc1. The monoisotopic (exact) mass is 434 g/mol. The summed E-state index contributed by atoms with van der Waals surface area (Å²) in [5.74, 6) is 1.86. The molecular weight excluding hydrogens is 412 g/mol. The van der Waals surface area contributed by atoms with Gasteiger partial charge in [0.1, 0.15) is 23.1 Å². The van der Waals surface area contributed by atoms with Crippen molar-refractivity contribution >= 4 is 0 Å². The molecule has 0 saturated carbocycles. The van der Waals surface area contributed by atoms with Crippen molar-refractivity contribution in [3.05, 3.63) is 59.0 Å². The standard InChI is InChI=1S/C23H22N4O5/c1-28-13-7-5-12(6-8-13)21-20-19(15(11-24)22(25)32-23(20)27-26-21)14-9-17(30-3)18(31-4)10-16(14)29-2/h5-10,19H,25H2,1-4H3,(H,26,27). The minimum Gasteiger partial charge on any atom is -0.497 e. The molecule has 32 heavy (non-hydrogen) atoms. The van der Waals surface area contributed by atoms with Gasteiger partial charge >= 0.3 is 0 Å². The van der Waals surface area contributed by atoms with Gasteiger partial charge in [-0.2, -0.15) is 5.26 Å². The van der Waals surface area contributed by atoms with Crippen LogP contribution >= 0.6 is 0 Å². The highest BCUT2D eigenvalue weighted by Crippen LogP contribution is 2.50. The minimum atomic E-state index is -0.616. The number of fused-ring (bicyclic) bond motifs is 1. The lowest BCUT2D eigenvalue weighted by molar-refractivity contribution is 0.346. The van der Waals surface area contributed by atoms with E-state index in [1.54, 1.807) is 40.6 Å². The van der Waals surface area contributed by atoms with E-state index in [0.29, 0.717) is 34.1 Å². The van der Waals surface area contributed by atoms with E-state index in [0.717, 1.165) is 11.3 Å². The fraction of sp³-hybridized carbons (Fsp3) is 0.217. The van der Waals surface area contributed by atoms with Gasteiger partial charge in [-0.05, 0) is 30.3 Å². The lowest BCUT2D eigenvalue weighted by atomic mass is 9.82. The topological polar surface area (TPSA) is 125 Å². The van der Waals surface area contributed by atoms with E-state index in [-0.39, 0.29) is 17.3 Å². The van der Waals surface area contributed by atoms with Crippen LogP contribution in [0.3, 0.4) is 0 Å². The molecule has 1 atom stereocenters. The van der Waals surface area contributed by atoms with Crippen LogP contribution in [-0.2, 0) is 0 Å². The molecule has 9 heteroatoms. The maximum Gasteiger partial charge on any atom is 0.244 e. The highest BCUT2D eigenvalue weighted by Gasteiger charge is 2.37. The Morgan fingerprint density at radius 1 is 0.969 bits per heavy atom. The third-order valence-corrected chi connectivity index (χ3v) is 5.36. The van der Waals surface area contributed by atoms with Gasteiger partial charge in [0.05, 0.1) is 45.6 Å². The minimum absolute atomic E-state index is 0.0189. The number of nitrogens with zero attached hydrogens (tertiary/aromatic N) is 2. The van der Waals surface area contributed by atoms with Crippen molar-refractivity contribution in [2.24, 2.45) is 5.73 Å². The van der Waals surface area contributed by atoms with Gasteiger partial charge in [0.25, 0.3) is 0 Å². The van der Waals surface area contributed by atoms with E-state index in [1.807, 2.05) is 24.3 Å². The predicted octanol–water partition coefficient (Wildman–Crippen LogP) is 3.33. The Morgan fingerprint density at radius 3 is 2.22 bits per heavy atom. The number of allylic oxidation sites excluding steroid dienone is 1. The lowest BCUT2D eigenvalue weighted by Gasteiger charge is -2.26. The summed E-state index contributed by atoms with van der Waals surface area (Å²) in [7, 11) is 6.23. The van der Waals surface area contributed by atoms with Gasteiger partial charge in [-0.15, -0.1) is 5.10 Å². The fourth-order valence-electron chi connectivity index (χ4n) is 3.81. The molecule has 9 nitrogen and oxygen atoms in total. The second kappa shape index (κ2) is 8.43. The Kier molecular flexibility index (Phi) is 5.52. The number of benzene rings is 2. The summed E-state index contributed by atoms with van der Waals surface area (Å²) in [5, 5.41) is 17.3. The maximum absolute atomic E-state index is 9.97. The molecule has 0 spiro atoms. The van der Waals surface area contributed by atoms with Crippen molar-refractivity contribution in [1.82, 2.24) is 10.2 Å². The van der Waals surface area contributed by atoms with Crippen LogP contribution in [-0.4, -0.2) is 38.6 Å². The fourth-order valence-corrected chi connectivity index (χ4v) is 3.81. The van der Waals surface area contributed by atoms with E-state index in [9.17, 15) is 5.26 Å². The van der Waals surface area contributed by atoms with Crippen molar-refractivity contribution in [3.8, 4) is 46.2 Å². The smallest absolute Gasteiger partial charge is 0.244 e. The first-order chi connectivity index (χ1) is 15.6. The molecule has 3 N–H and O–H groups in total. The second-order valence-corrected chi connectivity index (χ2v) is 6.92. The first kappa shape index (κ1) is 20.9. The van der Waals surface area contributed by atoms with Crippen molar-refractivity contribution in [2.45, 2.75) is 5.92 Å². The molecule has 0 bridgehead atoms. The number of nitrogens with one attached hydrogen (secondary N) is 1. The summed E-state index contributed by atoms with van der Waals surface area (Å²) in [6.07, 6.45) is 0. The van der Waals surface area contributed by atoms with E-state index in [4.69, 9.17) is 29.4 Å². The van der Waals surface area contributed by atoms with Gasteiger partial charge in [-0.25, -0.2) is 0 Å². The number of aromatic nitrogens is 2. The zero-order chi connectivity index (χ0) is 22.8. The third kappa shape index (κ3) is 3.32. The molecule has 1 unspecified atom stereocenters. The van der Waals surface area contributed by atoms with Crippen LogP contribution in [0.2, 0.25) is 0 Å². The number of aromatic amines is 1. The molecule has 0 fully saturated rings. The number of ether oxygens (including phenoxy) is 5. The van der Waals surface area contributed by atoms with Crippen molar-refractivity contribution in [3.63, 3.8) is 0 Å². The van der Waals surface area contributed by atoms with E-state index in [1.165, 1.54) is 0 Å². The number of rotatable bonds is 6. The molecule has 3 aromatic rings. The predicted molar refractivity (Wildman–Crippen MR) is 116 cm³/mol. The first-order valence-corrected chi connectivity index (χ1v) is 9.66. The summed E-state index contributed by atoms with van der Waals surface area (Å²) < 4.78 is 27.5. The Balaban J connectivity index is 1.97. The van der Waals surface area contributed by atoms with Gasteiger partial charge in [-0.3, -0.25) is 5.10 Å². The van der Waals surface area contributed by atoms with Gasteiger partial charge in [0, 0.05) is 17.2 Å². The van der Waals surface area contributed by atoms with Crippen molar-refractivity contribution in [2.75, 3.05) is 28.4 Å². The molecule has 0 radical (unpaired) electrons. The molecule has 2 aromatic carbocycles. The molecule has 164 valence electrons. The van der Waals surface area contributed by atoms with Gasteiger partial charge in [0.2, 0.25) is 11.8 Å². The number of methoxy groups -OCH3 is 4. The highest BCUT2D eigenvalue weighted by atomic mass is 16.5. The normalized spacial score (nSPS) is 14.8. The number of H-pyrrole nitrogens is 1. The summed E-state index contributed by atoms with van der Waals surface area (Å²) in [5.41, 5.74) is 9.18. The van der Waals surface area contributed by atoms with E-state index in [2.05, 4.69) is 16.3 Å². The molecule has 2 heterocycles. The highest BCUT2D eigenvalue weighted by molar-refractivity contribution is 5.72. The van der Waals surface area contributed by atoms with Gasteiger partial charge < -0.3 is 29.4 Å². The van der Waals surface area contributed by atoms with Crippen LogP contribution in [0.25, 0.3) is 11.3 Å². The molecule has 1 aromatic heterocycles. The number of nitriles is 1. The van der Waals surface area contributed by atoms with Crippen LogP contribution in [0.4, 0.5) is 0 Å². The average molecular weight is 434 g/mol. The number of hydrogen-bond acceptors (Lipinski definition) is 8. The second-order valence-electron chi connectivity index (χ2n) is 6.92. The summed E-state index contributed by atoms with van der Waals surface area (Å²) >= 11 is 0. The van der Waals surface area contributed by atoms with Gasteiger partial charge in [0.15, 0.2) is 11.5 Å². The molecule has 4 rings (SSSR count). The van der Waals surface area contributed by atoms with Crippen LogP contribution in [0.5, 0.6) is 28.9 Å². The Bertz CT molecular complexity index is 1220. The van der Waals surface area contributed by atoms with Crippen LogP contribution in [0, 0.1) is 11.3 Å². The third-order valence-electron chi connectivity index (χ3n) is 5.36. The summed E-state index contributed by atoms with van der Waals surface area (Å²) in [4.78, 5) is 0. The maximum atomic E-state index is 9.97. The van der Waals surface area contributed by atoms with Gasteiger partial charge in [-0.1, -0.05) is 0 Å². The molecule has 1 aliphatic heterocycles. The van der Waals surface area contributed by atoms with Crippen molar-refractivity contribution < 1.29 is 23.7 Å². The Morgan fingerprint density at radius 2 is 1.62 bits per heavy atom. The molecule has 1 aliphatic rings. The van der Waals surface area contributed by atoms with Crippen molar-refractivity contribution in [1.29, 1.82) is 5.26 Å². The van der Waals surface area contributed by atoms with E-state index >= 15 is 0 Å². The Hall–Kier alpha value is -4.32. The zero-order valence-electron chi connectivity index (χ0n) is 18.1. The molecule has 0 amide bonds. The van der Waals surface area contributed by atoms with Crippen LogP contribution < -0.4 is 29.4 Å². The quantitative estimate of drug-likeness (QED) is 0.605. The van der Waals surface area contributed by atoms with Crippen LogP contribution in [0.15, 0.2) is 47.9 Å². The average Bonchev–Trinajstić information content (AvgIpc) is 3.25. The lowest BCUT2D eigenvalue weighted by Crippen LogP contribution is -2.21. The zero-order valence-corrected chi connectivity index (χ0v) is 18.1. The van der Waals surface area contributed by atoms with Crippen LogP contribution in [0.1, 0.15) is 17.0 Å². The first-order valence-electron chi connectivity index (χ1n) is 9.66. The molecular formula is C23H22N4O5. The summed E-state index contributed by atoms with van der Waals surface area (Å²) in [6, 6.07) is 13.1.